The molecule has 2 aromatic heterocycles. The van der Waals surface area contributed by atoms with Crippen molar-refractivity contribution < 1.29 is 4.79 Å². The Hall–Kier alpha value is -3.20. The first-order chi connectivity index (χ1) is 13.0. The van der Waals surface area contributed by atoms with E-state index in [2.05, 4.69) is 16.5 Å². The molecule has 0 bridgehead atoms. The van der Waals surface area contributed by atoms with E-state index in [1.165, 1.54) is 12.8 Å². The van der Waals surface area contributed by atoms with E-state index in [1.807, 2.05) is 45.0 Å². The number of hydrogen-bond acceptors (Lipinski definition) is 4. The molecule has 27 heavy (non-hydrogen) atoms. The molecule has 0 spiro atoms. The van der Waals surface area contributed by atoms with Gasteiger partial charge in [0.1, 0.15) is 5.56 Å². The van der Waals surface area contributed by atoms with E-state index in [0.717, 1.165) is 22.5 Å². The Kier molecular flexibility index (Phi) is 4.15. The zero-order valence-electron chi connectivity index (χ0n) is 15.7. The van der Waals surface area contributed by atoms with Crippen LogP contribution in [0.4, 0.5) is 0 Å². The third-order valence-electron chi connectivity index (χ3n) is 5.08. The van der Waals surface area contributed by atoms with Crippen LogP contribution in [0.5, 0.6) is 0 Å². The maximum Gasteiger partial charge on any atom is 0.256 e. The van der Waals surface area contributed by atoms with Gasteiger partial charge in [-0.25, -0.2) is 9.50 Å². The molecule has 1 aromatic carbocycles. The highest BCUT2D eigenvalue weighted by Gasteiger charge is 2.30. The highest BCUT2D eigenvalue weighted by atomic mass is 16.1. The maximum atomic E-state index is 12.7. The molecule has 1 amide bonds. The van der Waals surface area contributed by atoms with E-state index in [0.29, 0.717) is 22.7 Å². The molecule has 1 aliphatic carbocycles. The molecule has 136 valence electrons. The van der Waals surface area contributed by atoms with Crippen LogP contribution in [0.25, 0.3) is 16.9 Å². The molecule has 0 saturated heterocycles. The van der Waals surface area contributed by atoms with Gasteiger partial charge in [0, 0.05) is 17.3 Å². The third kappa shape index (κ3) is 3.28. The minimum Gasteiger partial charge on any atom is -0.349 e. The predicted molar refractivity (Wildman–Crippen MR) is 102 cm³/mol. The van der Waals surface area contributed by atoms with Crippen LogP contribution in [-0.2, 0) is 0 Å². The molecule has 0 radical (unpaired) electrons. The lowest BCUT2D eigenvalue weighted by Gasteiger charge is -2.12. The number of carbonyl (C=O) groups excluding carboxylic acids is 1. The molecule has 6 heteroatoms. The van der Waals surface area contributed by atoms with Gasteiger partial charge in [0.2, 0.25) is 0 Å². The third-order valence-corrected chi connectivity index (χ3v) is 5.08. The van der Waals surface area contributed by atoms with Crippen LogP contribution in [0.15, 0.2) is 30.5 Å². The second-order valence-corrected chi connectivity index (χ2v) is 7.38. The minimum atomic E-state index is -0.143. The first-order valence-electron chi connectivity index (χ1n) is 9.14. The average molecular weight is 359 g/mol. The minimum absolute atomic E-state index is 0.143. The number of hydrogen-bond donors (Lipinski definition) is 1. The largest absolute Gasteiger partial charge is 0.349 e. The van der Waals surface area contributed by atoms with Gasteiger partial charge in [-0.05, 0) is 69.4 Å². The SMILES string of the molecule is Cc1cc(C#N)cc(-c2cc(C)n3ncc(C(=O)NC(C)C4CC4)c3n2)c1. The molecule has 2 heterocycles. The van der Waals surface area contributed by atoms with Crippen molar-refractivity contribution in [2.24, 2.45) is 5.92 Å². The number of benzene rings is 1. The number of carbonyl (C=O) groups is 1. The van der Waals surface area contributed by atoms with E-state index >= 15 is 0 Å². The Bertz CT molecular complexity index is 1090. The summed E-state index contributed by atoms with van der Waals surface area (Å²) in [6.45, 7) is 5.93. The quantitative estimate of drug-likeness (QED) is 0.774. The molecule has 1 aliphatic rings. The van der Waals surface area contributed by atoms with E-state index in [-0.39, 0.29) is 11.9 Å². The molecule has 1 N–H and O–H groups in total. The fourth-order valence-corrected chi connectivity index (χ4v) is 3.42. The summed E-state index contributed by atoms with van der Waals surface area (Å²) < 4.78 is 1.68. The summed E-state index contributed by atoms with van der Waals surface area (Å²) in [5, 5.41) is 16.6. The van der Waals surface area contributed by atoms with Crippen LogP contribution < -0.4 is 5.32 Å². The number of amides is 1. The van der Waals surface area contributed by atoms with Gasteiger partial charge in [0.25, 0.3) is 5.91 Å². The smallest absolute Gasteiger partial charge is 0.256 e. The number of aromatic nitrogens is 3. The maximum absolute atomic E-state index is 12.7. The normalized spacial score (nSPS) is 14.7. The van der Waals surface area contributed by atoms with E-state index in [1.54, 1.807) is 10.7 Å². The zero-order chi connectivity index (χ0) is 19.1. The van der Waals surface area contributed by atoms with Crippen LogP contribution in [0.3, 0.4) is 0 Å². The molecular weight excluding hydrogens is 338 g/mol. The van der Waals surface area contributed by atoms with Crippen molar-refractivity contribution in [1.82, 2.24) is 19.9 Å². The van der Waals surface area contributed by atoms with Crippen LogP contribution in [0.1, 0.15) is 46.9 Å². The van der Waals surface area contributed by atoms with Gasteiger partial charge >= 0.3 is 0 Å². The lowest BCUT2D eigenvalue weighted by Crippen LogP contribution is -2.34. The van der Waals surface area contributed by atoms with Crippen LogP contribution in [0.2, 0.25) is 0 Å². The average Bonchev–Trinajstić information content (AvgIpc) is 3.40. The Morgan fingerprint density at radius 1 is 1.30 bits per heavy atom. The molecule has 1 fully saturated rings. The number of nitriles is 1. The number of aryl methyl sites for hydroxylation is 2. The number of nitrogens with one attached hydrogen (secondary N) is 1. The summed E-state index contributed by atoms with van der Waals surface area (Å²) in [5.41, 5.74) is 5.05. The summed E-state index contributed by atoms with van der Waals surface area (Å²) >= 11 is 0. The molecule has 1 atom stereocenters. The predicted octanol–water partition coefficient (Wildman–Crippen LogP) is 3.41. The lowest BCUT2D eigenvalue weighted by molar-refractivity contribution is 0.0937. The van der Waals surface area contributed by atoms with E-state index < -0.39 is 0 Å². The fourth-order valence-electron chi connectivity index (χ4n) is 3.42. The second kappa shape index (κ2) is 6.51. The van der Waals surface area contributed by atoms with Gasteiger partial charge < -0.3 is 5.32 Å². The van der Waals surface area contributed by atoms with Crippen molar-refractivity contribution in [2.45, 2.75) is 39.7 Å². The van der Waals surface area contributed by atoms with Gasteiger partial charge in [0.15, 0.2) is 5.65 Å². The Morgan fingerprint density at radius 2 is 2.07 bits per heavy atom. The van der Waals surface area contributed by atoms with Crippen LogP contribution in [0, 0.1) is 31.1 Å². The molecule has 1 unspecified atom stereocenters. The number of rotatable bonds is 4. The summed E-state index contributed by atoms with van der Waals surface area (Å²) in [7, 11) is 0. The van der Waals surface area contributed by atoms with E-state index in [4.69, 9.17) is 4.98 Å². The first-order valence-corrected chi connectivity index (χ1v) is 9.14. The van der Waals surface area contributed by atoms with E-state index in [9.17, 15) is 10.1 Å². The fraction of sp³-hybridized carbons (Fsp3) is 0.333. The second-order valence-electron chi connectivity index (χ2n) is 7.38. The number of nitrogens with zero attached hydrogens (tertiary/aromatic N) is 4. The zero-order valence-corrected chi connectivity index (χ0v) is 15.7. The molecule has 1 saturated carbocycles. The summed E-state index contributed by atoms with van der Waals surface area (Å²) in [5.74, 6) is 0.438. The topological polar surface area (TPSA) is 83.1 Å². The van der Waals surface area contributed by atoms with Gasteiger partial charge in [-0.15, -0.1) is 0 Å². The standard InChI is InChI=1S/C21H21N5O/c1-12-6-15(10-22)9-17(7-12)19-8-13(2)26-20(25-19)18(11-23-26)21(27)24-14(3)16-4-5-16/h6-9,11,14,16H,4-5H2,1-3H3,(H,24,27). The van der Waals surface area contributed by atoms with Gasteiger partial charge in [-0.2, -0.15) is 10.4 Å². The Balaban J connectivity index is 1.77. The molecular formula is C21H21N5O. The van der Waals surface area contributed by atoms with Gasteiger partial charge in [-0.1, -0.05) is 0 Å². The van der Waals surface area contributed by atoms with Gasteiger partial charge in [-0.3, -0.25) is 4.79 Å². The van der Waals surface area contributed by atoms with Crippen molar-refractivity contribution in [3.05, 3.63) is 52.8 Å². The molecule has 3 aromatic rings. The highest BCUT2D eigenvalue weighted by molar-refractivity contribution is 6.00. The summed E-state index contributed by atoms with van der Waals surface area (Å²) in [6.07, 6.45) is 3.92. The Labute approximate surface area is 157 Å². The van der Waals surface area contributed by atoms with Crippen molar-refractivity contribution >= 4 is 11.6 Å². The molecule has 6 nitrogen and oxygen atoms in total. The monoisotopic (exact) mass is 359 g/mol. The van der Waals surface area contributed by atoms with Crippen molar-refractivity contribution in [2.75, 3.05) is 0 Å². The summed E-state index contributed by atoms with van der Waals surface area (Å²) in [6, 6.07) is 9.91. The number of fused-ring (bicyclic) bond motifs is 1. The van der Waals surface area contributed by atoms with Crippen LogP contribution >= 0.6 is 0 Å². The van der Waals surface area contributed by atoms with Crippen molar-refractivity contribution in [1.29, 1.82) is 5.26 Å². The van der Waals surface area contributed by atoms with Gasteiger partial charge in [0.05, 0.1) is 23.5 Å². The van der Waals surface area contributed by atoms with Crippen molar-refractivity contribution in [3.63, 3.8) is 0 Å². The Morgan fingerprint density at radius 3 is 2.78 bits per heavy atom. The first kappa shape index (κ1) is 17.2. The highest BCUT2D eigenvalue weighted by Crippen LogP contribution is 2.32. The summed E-state index contributed by atoms with van der Waals surface area (Å²) in [4.78, 5) is 17.4. The van der Waals surface area contributed by atoms with Crippen LogP contribution in [-0.4, -0.2) is 26.5 Å². The molecule has 0 aliphatic heterocycles. The van der Waals surface area contributed by atoms with Crippen molar-refractivity contribution in [3.8, 4) is 17.3 Å². The molecule has 4 rings (SSSR count). The lowest BCUT2D eigenvalue weighted by atomic mass is 10.0.